The van der Waals surface area contributed by atoms with Crippen molar-refractivity contribution in [2.24, 2.45) is 17.8 Å². The number of methoxy groups -OCH3 is 1. The zero-order valence-corrected chi connectivity index (χ0v) is 25.8. The predicted octanol–water partition coefficient (Wildman–Crippen LogP) is 5.35. The minimum absolute atomic E-state index is 0.355. The molecule has 0 N–H and O–H groups in total. The van der Waals surface area contributed by atoms with Crippen molar-refractivity contribution in [2.75, 3.05) is 13.7 Å². The molecule has 3 atom stereocenters. The normalized spacial score (nSPS) is 26.3. The molecule has 1 aliphatic heterocycles. The van der Waals surface area contributed by atoms with Crippen LogP contribution >= 0.6 is 31.9 Å². The third-order valence-corrected chi connectivity index (χ3v) is 11.2. The van der Waals surface area contributed by atoms with Gasteiger partial charge in [0.1, 0.15) is 11.8 Å². The van der Waals surface area contributed by atoms with Gasteiger partial charge < -0.3 is 9.47 Å². The highest BCUT2D eigenvalue weighted by molar-refractivity contribution is 9.10. The highest BCUT2D eigenvalue weighted by Crippen LogP contribution is 2.70. The van der Waals surface area contributed by atoms with Gasteiger partial charge in [0.05, 0.1) is 27.6 Å². The Morgan fingerprint density at radius 3 is 1.63 bits per heavy atom. The number of likely N-dealkylation sites (tertiary alicyclic amines) is 1. The first-order chi connectivity index (χ1) is 19.6. The highest BCUT2D eigenvalue weighted by atomic mass is 79.9. The van der Waals surface area contributed by atoms with E-state index in [1.54, 1.807) is 38.1 Å². The van der Waals surface area contributed by atoms with Crippen molar-refractivity contribution in [1.29, 1.82) is 0 Å². The number of amides is 2. The lowest BCUT2D eigenvalue weighted by Gasteiger charge is -2.55. The maximum Gasteiger partial charge on any atom is 0.330 e. The Hall–Kier alpha value is -3.30. The van der Waals surface area contributed by atoms with E-state index in [9.17, 15) is 19.2 Å². The summed E-state index contributed by atoms with van der Waals surface area (Å²) in [6.07, 6.45) is 0. The van der Waals surface area contributed by atoms with Gasteiger partial charge in [0.2, 0.25) is 11.8 Å². The lowest BCUT2D eigenvalue weighted by Crippen LogP contribution is -2.56. The van der Waals surface area contributed by atoms with Crippen molar-refractivity contribution in [2.45, 2.75) is 28.5 Å². The average Bonchev–Trinajstić information content (AvgIpc) is 3.25. The predicted molar refractivity (Wildman–Crippen MR) is 158 cm³/mol. The molecule has 4 aliphatic rings. The summed E-state index contributed by atoms with van der Waals surface area (Å²) in [7, 11) is 1.53. The third-order valence-electron chi connectivity index (χ3n) is 8.53. The number of Topliss-reactive ketones (excluding diaryl/α,β-unsaturated/α-hetero) is 1. The number of imide groups is 1. The summed E-state index contributed by atoms with van der Waals surface area (Å²) in [5.41, 5.74) is 4.00. The van der Waals surface area contributed by atoms with Gasteiger partial charge in [-0.2, -0.15) is 0 Å². The molecule has 1 fully saturated rings. The van der Waals surface area contributed by atoms with Crippen molar-refractivity contribution in [3.63, 3.8) is 0 Å². The second-order valence-electron chi connectivity index (χ2n) is 11.0. The molecule has 0 saturated carbocycles. The summed E-state index contributed by atoms with van der Waals surface area (Å²) in [5.74, 6) is -3.53. The molecule has 0 aromatic heterocycles. The number of nitrogens with zero attached hydrogens (tertiary/aromatic N) is 1. The number of carbonyl (C=O) groups excluding carboxylic acids is 4. The summed E-state index contributed by atoms with van der Waals surface area (Å²) < 4.78 is 8.66. The number of alkyl halides is 2. The second kappa shape index (κ2) is 9.91. The first-order valence-corrected chi connectivity index (χ1v) is 14.9. The van der Waals surface area contributed by atoms with Gasteiger partial charge in [0.25, 0.3) is 0 Å². The van der Waals surface area contributed by atoms with Crippen LogP contribution in [0.5, 0.6) is 5.75 Å². The van der Waals surface area contributed by atoms with Crippen LogP contribution in [-0.2, 0) is 27.8 Å². The Morgan fingerprint density at radius 1 is 0.805 bits per heavy atom. The maximum absolute atomic E-state index is 14.3. The molecule has 3 aromatic carbocycles. The molecule has 0 radical (unpaired) electrons. The van der Waals surface area contributed by atoms with Crippen LogP contribution in [0.3, 0.4) is 0 Å². The summed E-state index contributed by atoms with van der Waals surface area (Å²) in [4.78, 5) is 56.0. The van der Waals surface area contributed by atoms with Gasteiger partial charge in [0.15, 0.2) is 12.4 Å². The molecular weight excluding hydrogens is 654 g/mol. The van der Waals surface area contributed by atoms with Crippen LogP contribution in [0.15, 0.2) is 72.8 Å². The Labute approximate surface area is 254 Å². The van der Waals surface area contributed by atoms with E-state index in [1.165, 1.54) is 7.11 Å². The highest BCUT2D eigenvalue weighted by Gasteiger charge is 2.73. The van der Waals surface area contributed by atoms with Crippen LogP contribution in [0.1, 0.15) is 46.5 Å². The summed E-state index contributed by atoms with van der Waals surface area (Å²) in [5, 5.41) is 0. The van der Waals surface area contributed by atoms with Gasteiger partial charge in [-0.1, -0.05) is 94.2 Å². The molecule has 7 rings (SSSR count). The Bertz CT molecular complexity index is 1480. The minimum atomic E-state index is -1.19. The van der Waals surface area contributed by atoms with Crippen molar-refractivity contribution in [1.82, 2.24) is 4.90 Å². The number of esters is 1. The molecule has 2 amide bonds. The second-order valence-corrected chi connectivity index (χ2v) is 13.5. The summed E-state index contributed by atoms with van der Waals surface area (Å²) in [6.45, 7) is 3.00. The van der Waals surface area contributed by atoms with Crippen molar-refractivity contribution >= 4 is 55.4 Å². The topological polar surface area (TPSA) is 90.0 Å². The van der Waals surface area contributed by atoms with E-state index in [0.717, 1.165) is 27.2 Å². The monoisotopic (exact) mass is 679 g/mol. The van der Waals surface area contributed by atoms with Crippen molar-refractivity contribution in [3.8, 4) is 5.75 Å². The fourth-order valence-corrected chi connectivity index (χ4v) is 9.02. The average molecular weight is 681 g/mol. The SMILES string of the molecule is COc1ccc(C(=O)COC(=O)C(C(C)C)N2C(=O)C3C(C2=O)C2(Br)c4ccccc4C3(Br)c3ccccc32)cc1. The minimum Gasteiger partial charge on any atom is -0.497 e. The maximum atomic E-state index is 14.3. The zero-order chi connectivity index (χ0) is 29.3. The van der Waals surface area contributed by atoms with E-state index in [0.29, 0.717) is 11.3 Å². The number of halogens is 2. The molecule has 9 heteroatoms. The number of ketones is 1. The molecule has 7 nitrogen and oxygen atoms in total. The number of rotatable bonds is 7. The van der Waals surface area contributed by atoms with Crippen LogP contribution in [-0.4, -0.2) is 48.2 Å². The van der Waals surface area contributed by atoms with E-state index >= 15 is 0 Å². The Morgan fingerprint density at radius 2 is 1.24 bits per heavy atom. The van der Waals surface area contributed by atoms with Crippen LogP contribution in [0.4, 0.5) is 0 Å². The summed E-state index contributed by atoms with van der Waals surface area (Å²) in [6, 6.07) is 20.9. The Balaban J connectivity index is 1.35. The van der Waals surface area contributed by atoms with Crippen LogP contribution < -0.4 is 4.74 Å². The van der Waals surface area contributed by atoms with E-state index in [1.807, 2.05) is 48.5 Å². The molecule has 2 bridgehead atoms. The first-order valence-electron chi connectivity index (χ1n) is 13.3. The van der Waals surface area contributed by atoms with Crippen LogP contribution in [0.2, 0.25) is 0 Å². The lowest BCUT2D eigenvalue weighted by atomic mass is 9.54. The fourth-order valence-electron chi connectivity index (χ4n) is 6.72. The molecule has 3 aromatic rings. The smallest absolute Gasteiger partial charge is 0.330 e. The largest absolute Gasteiger partial charge is 0.497 e. The number of carbonyl (C=O) groups is 4. The van der Waals surface area contributed by atoms with E-state index < -0.39 is 62.6 Å². The molecular formula is C32H27Br2NO6. The number of hydrogen-bond acceptors (Lipinski definition) is 6. The molecule has 0 spiro atoms. The van der Waals surface area contributed by atoms with E-state index in [4.69, 9.17) is 9.47 Å². The Kier molecular flexibility index (Phi) is 6.73. The van der Waals surface area contributed by atoms with Gasteiger partial charge in [-0.3, -0.25) is 19.3 Å². The molecule has 210 valence electrons. The molecule has 1 heterocycles. The molecule has 1 saturated heterocycles. The van der Waals surface area contributed by atoms with Gasteiger partial charge in [0, 0.05) is 5.56 Å². The van der Waals surface area contributed by atoms with Gasteiger partial charge in [-0.15, -0.1) is 0 Å². The van der Waals surface area contributed by atoms with E-state index in [2.05, 4.69) is 31.9 Å². The zero-order valence-electron chi connectivity index (χ0n) is 22.6. The van der Waals surface area contributed by atoms with Crippen molar-refractivity contribution in [3.05, 3.63) is 101 Å². The molecule has 41 heavy (non-hydrogen) atoms. The number of benzene rings is 3. The third kappa shape index (κ3) is 3.81. The standard InChI is InChI=1S/C32H27Br2NO6/c1-17(2)27(30(39)41-16-24(36)18-12-14-19(40-3)15-13-18)35-28(37)25-26(29(35)38)32(34)21-9-5-4-8-20(21)31(25,33)22-10-6-7-11-23(22)32/h4-15,17,25-27H,16H2,1-3H3. The van der Waals surface area contributed by atoms with Gasteiger partial charge in [-0.05, 0) is 52.4 Å². The van der Waals surface area contributed by atoms with E-state index in [-0.39, 0.29) is 0 Å². The fraction of sp³-hybridized carbons (Fsp3) is 0.312. The van der Waals surface area contributed by atoms with Crippen LogP contribution in [0, 0.1) is 17.8 Å². The van der Waals surface area contributed by atoms with Crippen molar-refractivity contribution < 1.29 is 28.7 Å². The van der Waals surface area contributed by atoms with Gasteiger partial charge >= 0.3 is 5.97 Å². The molecule has 3 unspecified atom stereocenters. The lowest BCUT2D eigenvalue weighted by molar-refractivity contribution is -0.160. The van der Waals surface area contributed by atoms with Crippen LogP contribution in [0.25, 0.3) is 0 Å². The molecule has 3 aliphatic carbocycles. The van der Waals surface area contributed by atoms with Gasteiger partial charge in [-0.25, -0.2) is 4.79 Å². The first kappa shape index (κ1) is 27.8. The quantitative estimate of drug-likeness (QED) is 0.145. The number of hydrogen-bond donors (Lipinski definition) is 0. The number of ether oxygens (including phenoxy) is 2. The summed E-state index contributed by atoms with van der Waals surface area (Å²) >= 11 is 7.95.